The van der Waals surface area contributed by atoms with E-state index in [0.717, 1.165) is 0 Å². The smallest absolute Gasteiger partial charge is 0.223 e. The van der Waals surface area contributed by atoms with Crippen LogP contribution in [0.15, 0.2) is 18.2 Å². The number of carbonyl (C=O) groups is 1. The summed E-state index contributed by atoms with van der Waals surface area (Å²) < 4.78 is 18.1. The lowest BCUT2D eigenvalue weighted by Crippen LogP contribution is -2.26. The van der Waals surface area contributed by atoms with Crippen molar-refractivity contribution in [1.82, 2.24) is 0 Å². The van der Waals surface area contributed by atoms with Crippen LogP contribution in [0.3, 0.4) is 0 Å². The van der Waals surface area contributed by atoms with Crippen LogP contribution in [0.5, 0.6) is 5.75 Å². The van der Waals surface area contributed by atoms with Crippen LogP contribution in [-0.2, 0) is 11.4 Å². The van der Waals surface area contributed by atoms with Crippen molar-refractivity contribution in [2.45, 2.75) is 13.5 Å². The molecule has 1 amide bonds. The van der Waals surface area contributed by atoms with Gasteiger partial charge in [-0.2, -0.15) is 0 Å². The molecule has 0 bridgehead atoms. The fraction of sp³-hybridized carbons (Fsp3) is 0.364. The van der Waals surface area contributed by atoms with Gasteiger partial charge in [0.15, 0.2) is 0 Å². The number of hydrogen-bond donors (Lipinski definition) is 2. The van der Waals surface area contributed by atoms with E-state index in [2.05, 4.69) is 0 Å². The first-order valence-corrected chi connectivity index (χ1v) is 4.86. The Morgan fingerprint density at radius 3 is 2.88 bits per heavy atom. The Bertz CT molecular complexity index is 381. The molecular weight excluding hydrogens is 213 g/mol. The number of halogens is 1. The number of aliphatic hydroxyl groups is 1. The lowest BCUT2D eigenvalue weighted by atomic mass is 10.2. The van der Waals surface area contributed by atoms with Crippen LogP contribution in [0.25, 0.3) is 0 Å². The predicted octanol–water partition coefficient (Wildman–Crippen LogP) is 0.818. The summed E-state index contributed by atoms with van der Waals surface area (Å²) in [4.78, 5) is 10.8. The Hall–Kier alpha value is -1.62. The van der Waals surface area contributed by atoms with Crippen LogP contribution in [0.4, 0.5) is 4.39 Å². The van der Waals surface area contributed by atoms with Crippen LogP contribution in [0, 0.1) is 11.7 Å². The lowest BCUT2D eigenvalue weighted by Gasteiger charge is -2.12. The highest BCUT2D eigenvalue weighted by Gasteiger charge is 2.11. The molecule has 1 aromatic rings. The number of carbonyl (C=O) groups excluding carboxylic acids is 1. The van der Waals surface area contributed by atoms with E-state index in [1.165, 1.54) is 18.2 Å². The van der Waals surface area contributed by atoms with Crippen LogP contribution in [0.2, 0.25) is 0 Å². The molecule has 0 fully saturated rings. The molecule has 0 saturated heterocycles. The van der Waals surface area contributed by atoms with E-state index in [1.54, 1.807) is 6.92 Å². The van der Waals surface area contributed by atoms with Crippen LogP contribution >= 0.6 is 0 Å². The van der Waals surface area contributed by atoms with E-state index in [-0.39, 0.29) is 13.2 Å². The molecule has 1 unspecified atom stereocenters. The molecule has 1 aromatic carbocycles. The maximum Gasteiger partial charge on any atom is 0.223 e. The summed E-state index contributed by atoms with van der Waals surface area (Å²) in [5.41, 5.74) is 5.41. The molecule has 3 N–H and O–H groups in total. The summed E-state index contributed by atoms with van der Waals surface area (Å²) in [6.45, 7) is 1.41. The standard InChI is InChI=1S/C11H14FNO3/c1-7(11(13)15)6-16-10-3-2-9(12)4-8(10)5-14/h2-4,7,14H,5-6H2,1H3,(H2,13,15). The third kappa shape index (κ3) is 3.20. The number of hydrogen-bond acceptors (Lipinski definition) is 3. The van der Waals surface area contributed by atoms with E-state index in [1.807, 2.05) is 0 Å². The van der Waals surface area contributed by atoms with Gasteiger partial charge < -0.3 is 15.6 Å². The van der Waals surface area contributed by atoms with Crippen molar-refractivity contribution in [2.75, 3.05) is 6.61 Å². The predicted molar refractivity (Wildman–Crippen MR) is 56.2 cm³/mol. The maximum atomic E-state index is 12.8. The van der Waals surface area contributed by atoms with Crippen molar-refractivity contribution < 1.29 is 19.0 Å². The normalized spacial score (nSPS) is 12.2. The largest absolute Gasteiger partial charge is 0.492 e. The highest BCUT2D eigenvalue weighted by molar-refractivity contribution is 5.76. The van der Waals surface area contributed by atoms with Gasteiger partial charge in [0.2, 0.25) is 5.91 Å². The minimum atomic E-state index is -0.465. The summed E-state index contributed by atoms with van der Waals surface area (Å²) in [5.74, 6) is -0.986. The quantitative estimate of drug-likeness (QED) is 0.782. The summed E-state index contributed by atoms with van der Waals surface area (Å²) in [6.07, 6.45) is 0. The fourth-order valence-electron chi connectivity index (χ4n) is 1.11. The average molecular weight is 227 g/mol. The molecule has 0 aromatic heterocycles. The number of amides is 1. The van der Waals surface area contributed by atoms with Gasteiger partial charge in [-0.25, -0.2) is 4.39 Å². The number of rotatable bonds is 5. The SMILES string of the molecule is CC(COc1ccc(F)cc1CO)C(N)=O. The molecule has 16 heavy (non-hydrogen) atoms. The third-order valence-corrected chi connectivity index (χ3v) is 2.17. The lowest BCUT2D eigenvalue weighted by molar-refractivity contribution is -0.122. The van der Waals surface area contributed by atoms with Gasteiger partial charge in [0.05, 0.1) is 19.1 Å². The van der Waals surface area contributed by atoms with Gasteiger partial charge in [-0.3, -0.25) is 4.79 Å². The second kappa shape index (κ2) is 5.46. The number of benzene rings is 1. The Labute approximate surface area is 92.8 Å². The summed E-state index contributed by atoms with van der Waals surface area (Å²) >= 11 is 0. The Kier molecular flexibility index (Phi) is 4.25. The molecule has 0 aliphatic heterocycles. The van der Waals surface area contributed by atoms with Gasteiger partial charge in [0.25, 0.3) is 0 Å². The first kappa shape index (κ1) is 12.4. The molecule has 1 atom stereocenters. The minimum absolute atomic E-state index is 0.105. The molecule has 1 rings (SSSR count). The summed E-state index contributed by atoms with van der Waals surface area (Å²) in [6, 6.07) is 3.82. The summed E-state index contributed by atoms with van der Waals surface area (Å²) in [5, 5.41) is 8.98. The van der Waals surface area contributed by atoms with E-state index >= 15 is 0 Å². The van der Waals surface area contributed by atoms with Crippen molar-refractivity contribution >= 4 is 5.91 Å². The van der Waals surface area contributed by atoms with E-state index in [4.69, 9.17) is 15.6 Å². The van der Waals surface area contributed by atoms with Crippen LogP contribution in [-0.4, -0.2) is 17.6 Å². The van der Waals surface area contributed by atoms with Gasteiger partial charge >= 0.3 is 0 Å². The number of ether oxygens (including phenoxy) is 1. The Balaban J connectivity index is 2.70. The second-order valence-electron chi connectivity index (χ2n) is 3.52. The number of primary amides is 1. The summed E-state index contributed by atoms with van der Waals surface area (Å²) in [7, 11) is 0. The van der Waals surface area contributed by atoms with Crippen molar-refractivity contribution in [3.63, 3.8) is 0 Å². The zero-order valence-corrected chi connectivity index (χ0v) is 8.94. The van der Waals surface area contributed by atoms with Crippen molar-refractivity contribution in [1.29, 1.82) is 0 Å². The molecule has 0 aliphatic carbocycles. The zero-order chi connectivity index (χ0) is 12.1. The molecular formula is C11H14FNO3. The van der Waals surface area contributed by atoms with E-state index in [0.29, 0.717) is 11.3 Å². The Morgan fingerprint density at radius 2 is 2.31 bits per heavy atom. The molecule has 0 heterocycles. The first-order valence-electron chi connectivity index (χ1n) is 4.86. The average Bonchev–Trinajstić information content (AvgIpc) is 2.26. The van der Waals surface area contributed by atoms with Gasteiger partial charge in [-0.05, 0) is 18.2 Å². The minimum Gasteiger partial charge on any atom is -0.492 e. The van der Waals surface area contributed by atoms with Gasteiger partial charge in [0.1, 0.15) is 11.6 Å². The monoisotopic (exact) mass is 227 g/mol. The maximum absolute atomic E-state index is 12.8. The highest BCUT2D eigenvalue weighted by atomic mass is 19.1. The van der Waals surface area contributed by atoms with E-state index < -0.39 is 17.6 Å². The number of nitrogens with two attached hydrogens (primary N) is 1. The number of aliphatic hydroxyl groups excluding tert-OH is 1. The van der Waals surface area contributed by atoms with Gasteiger partial charge in [0, 0.05) is 5.56 Å². The fourth-order valence-corrected chi connectivity index (χ4v) is 1.11. The van der Waals surface area contributed by atoms with E-state index in [9.17, 15) is 9.18 Å². The topological polar surface area (TPSA) is 72.6 Å². The molecule has 5 heteroatoms. The van der Waals surface area contributed by atoms with Crippen LogP contribution < -0.4 is 10.5 Å². The molecule has 0 aliphatic rings. The molecule has 0 spiro atoms. The van der Waals surface area contributed by atoms with Crippen molar-refractivity contribution in [3.05, 3.63) is 29.6 Å². The van der Waals surface area contributed by atoms with Gasteiger partial charge in [-0.1, -0.05) is 6.92 Å². The molecule has 0 saturated carbocycles. The van der Waals surface area contributed by atoms with Gasteiger partial charge in [-0.15, -0.1) is 0 Å². The first-order chi connectivity index (χ1) is 7.54. The third-order valence-electron chi connectivity index (χ3n) is 2.17. The Morgan fingerprint density at radius 1 is 1.62 bits per heavy atom. The second-order valence-corrected chi connectivity index (χ2v) is 3.52. The highest BCUT2D eigenvalue weighted by Crippen LogP contribution is 2.20. The molecule has 4 nitrogen and oxygen atoms in total. The van der Waals surface area contributed by atoms with Crippen LogP contribution in [0.1, 0.15) is 12.5 Å². The molecule has 0 radical (unpaired) electrons. The molecule has 88 valence electrons. The zero-order valence-electron chi connectivity index (χ0n) is 8.94. The van der Waals surface area contributed by atoms with Crippen molar-refractivity contribution in [2.24, 2.45) is 11.7 Å². The van der Waals surface area contributed by atoms with Crippen molar-refractivity contribution in [3.8, 4) is 5.75 Å².